The highest BCUT2D eigenvalue weighted by molar-refractivity contribution is 5.85. The standard InChI is InChI=1S/C21H18N4O2/c1-14-17-13-18(19(26)12-15-8-10-24(2)11-9-15)21(27)22-20(17)25(23-14)16-6-4-3-5-7-16/h3-13H,1-2H3,(H,22,23,26,27)/p+1. The van der Waals surface area contributed by atoms with Gasteiger partial charge in [-0.15, -0.1) is 0 Å². The number of aliphatic hydroxyl groups is 1. The van der Waals surface area contributed by atoms with Crippen LogP contribution in [0.5, 0.6) is 0 Å². The quantitative estimate of drug-likeness (QED) is 0.436. The fraction of sp³-hybridized carbons (Fsp3) is 0.0952. The Morgan fingerprint density at radius 1 is 1.19 bits per heavy atom. The topological polar surface area (TPSA) is 74.8 Å². The van der Waals surface area contributed by atoms with Crippen molar-refractivity contribution < 1.29 is 9.67 Å². The number of aliphatic hydroxyl groups excluding tert-OH is 1. The maximum atomic E-state index is 12.6. The van der Waals surface area contributed by atoms with Gasteiger partial charge < -0.3 is 10.1 Å². The van der Waals surface area contributed by atoms with Crippen molar-refractivity contribution in [2.24, 2.45) is 7.05 Å². The van der Waals surface area contributed by atoms with E-state index in [0.29, 0.717) is 5.65 Å². The number of aromatic nitrogens is 4. The minimum absolute atomic E-state index is 0.0844. The van der Waals surface area contributed by atoms with Gasteiger partial charge in [0.25, 0.3) is 5.56 Å². The molecule has 6 heteroatoms. The van der Waals surface area contributed by atoms with E-state index in [1.54, 1.807) is 16.8 Å². The summed E-state index contributed by atoms with van der Waals surface area (Å²) < 4.78 is 3.60. The lowest BCUT2D eigenvalue weighted by molar-refractivity contribution is -0.671. The Bertz CT molecular complexity index is 1200. The lowest BCUT2D eigenvalue weighted by atomic mass is 10.1. The minimum Gasteiger partial charge on any atom is -0.507 e. The van der Waals surface area contributed by atoms with Crippen molar-refractivity contribution in [3.05, 3.63) is 88.1 Å². The van der Waals surface area contributed by atoms with E-state index in [1.807, 2.05) is 73.4 Å². The number of pyridine rings is 2. The molecule has 1 aromatic carbocycles. The van der Waals surface area contributed by atoms with Crippen molar-refractivity contribution in [3.63, 3.8) is 0 Å². The number of H-pyrrole nitrogens is 1. The van der Waals surface area contributed by atoms with Gasteiger partial charge in [-0.25, -0.2) is 9.25 Å². The van der Waals surface area contributed by atoms with Crippen molar-refractivity contribution in [2.45, 2.75) is 6.92 Å². The fourth-order valence-corrected chi connectivity index (χ4v) is 3.01. The number of aryl methyl sites for hydroxylation is 2. The molecule has 0 spiro atoms. The van der Waals surface area contributed by atoms with Crippen LogP contribution in [-0.4, -0.2) is 19.9 Å². The molecule has 0 aliphatic carbocycles. The molecule has 0 aliphatic heterocycles. The number of nitrogens with one attached hydrogen (secondary N) is 1. The number of aromatic amines is 1. The Hall–Kier alpha value is -3.67. The molecule has 0 fully saturated rings. The molecular formula is C21H19N4O2+. The van der Waals surface area contributed by atoms with E-state index < -0.39 is 0 Å². The molecule has 27 heavy (non-hydrogen) atoms. The number of para-hydroxylation sites is 1. The van der Waals surface area contributed by atoms with E-state index in [-0.39, 0.29) is 16.9 Å². The van der Waals surface area contributed by atoms with Crippen molar-refractivity contribution in [1.29, 1.82) is 0 Å². The van der Waals surface area contributed by atoms with Crippen LogP contribution in [0.4, 0.5) is 0 Å². The van der Waals surface area contributed by atoms with E-state index in [9.17, 15) is 9.90 Å². The lowest BCUT2D eigenvalue weighted by Gasteiger charge is -2.04. The summed E-state index contributed by atoms with van der Waals surface area (Å²) >= 11 is 0. The van der Waals surface area contributed by atoms with Gasteiger partial charge in [0, 0.05) is 17.5 Å². The molecule has 0 amide bonds. The van der Waals surface area contributed by atoms with Gasteiger partial charge in [0.15, 0.2) is 12.4 Å². The van der Waals surface area contributed by atoms with Crippen LogP contribution in [0, 0.1) is 6.92 Å². The van der Waals surface area contributed by atoms with Crippen LogP contribution in [0.15, 0.2) is 65.7 Å². The third-order valence-electron chi connectivity index (χ3n) is 4.46. The molecule has 4 rings (SSSR count). The summed E-state index contributed by atoms with van der Waals surface area (Å²) in [5.41, 5.74) is 2.89. The number of nitrogens with zero attached hydrogens (tertiary/aromatic N) is 3. The van der Waals surface area contributed by atoms with Crippen LogP contribution in [0.3, 0.4) is 0 Å². The smallest absolute Gasteiger partial charge is 0.260 e. The third-order valence-corrected chi connectivity index (χ3v) is 4.46. The second-order valence-electron chi connectivity index (χ2n) is 6.43. The Morgan fingerprint density at radius 3 is 2.59 bits per heavy atom. The molecule has 2 N–H and O–H groups in total. The second-order valence-corrected chi connectivity index (χ2v) is 6.43. The summed E-state index contributed by atoms with van der Waals surface area (Å²) in [4.78, 5) is 15.5. The van der Waals surface area contributed by atoms with Gasteiger partial charge in [-0.2, -0.15) is 5.10 Å². The van der Waals surface area contributed by atoms with Crippen molar-refractivity contribution in [2.75, 3.05) is 0 Å². The first kappa shape index (κ1) is 16.8. The van der Waals surface area contributed by atoms with Gasteiger partial charge in [0.2, 0.25) is 0 Å². The zero-order valence-corrected chi connectivity index (χ0v) is 15.0. The number of fused-ring (bicyclic) bond motifs is 1. The molecule has 4 aromatic rings. The zero-order valence-electron chi connectivity index (χ0n) is 15.0. The lowest BCUT2D eigenvalue weighted by Crippen LogP contribution is -2.25. The average molecular weight is 359 g/mol. The van der Waals surface area contributed by atoms with Crippen LogP contribution < -0.4 is 10.1 Å². The SMILES string of the molecule is Cc1nn(-c2ccccc2)c2[nH]c(=O)c(C(O)=Cc3cc[n+](C)cc3)cc12. The molecule has 0 radical (unpaired) electrons. The summed E-state index contributed by atoms with van der Waals surface area (Å²) in [5, 5.41) is 15.8. The number of benzene rings is 1. The first-order valence-corrected chi connectivity index (χ1v) is 8.57. The van der Waals surface area contributed by atoms with E-state index >= 15 is 0 Å². The largest absolute Gasteiger partial charge is 0.507 e. The minimum atomic E-state index is -0.366. The second kappa shape index (κ2) is 6.57. The highest BCUT2D eigenvalue weighted by Gasteiger charge is 2.14. The van der Waals surface area contributed by atoms with E-state index in [0.717, 1.165) is 22.3 Å². The van der Waals surface area contributed by atoms with Crippen molar-refractivity contribution >= 4 is 22.9 Å². The Morgan fingerprint density at radius 2 is 1.89 bits per heavy atom. The average Bonchev–Trinajstić information content (AvgIpc) is 2.99. The fourth-order valence-electron chi connectivity index (χ4n) is 3.01. The molecule has 0 unspecified atom stereocenters. The molecule has 134 valence electrons. The number of rotatable bonds is 3. The van der Waals surface area contributed by atoms with Gasteiger partial charge in [0.05, 0.1) is 16.9 Å². The highest BCUT2D eigenvalue weighted by atomic mass is 16.3. The Kier molecular flexibility index (Phi) is 4.08. The monoisotopic (exact) mass is 359 g/mol. The molecule has 0 atom stereocenters. The van der Waals surface area contributed by atoms with Gasteiger partial charge >= 0.3 is 0 Å². The number of hydrogen-bond acceptors (Lipinski definition) is 3. The molecule has 0 bridgehead atoms. The number of hydrogen-bond donors (Lipinski definition) is 2. The first-order valence-electron chi connectivity index (χ1n) is 8.57. The summed E-state index contributed by atoms with van der Waals surface area (Å²) in [6.07, 6.45) is 5.33. The third kappa shape index (κ3) is 3.13. The molecule has 0 aliphatic rings. The molecule has 0 saturated heterocycles. The van der Waals surface area contributed by atoms with Crippen LogP contribution in [0.1, 0.15) is 16.8 Å². The summed E-state index contributed by atoms with van der Waals surface area (Å²) in [6.45, 7) is 1.88. The Labute approximate surface area is 155 Å². The first-order chi connectivity index (χ1) is 13.0. The van der Waals surface area contributed by atoms with E-state index in [2.05, 4.69) is 10.1 Å². The van der Waals surface area contributed by atoms with Crippen LogP contribution >= 0.6 is 0 Å². The predicted molar refractivity (Wildman–Crippen MR) is 105 cm³/mol. The molecular weight excluding hydrogens is 340 g/mol. The summed E-state index contributed by atoms with van der Waals surface area (Å²) in [5.74, 6) is -0.0844. The van der Waals surface area contributed by atoms with Crippen LogP contribution in [0.2, 0.25) is 0 Å². The highest BCUT2D eigenvalue weighted by Crippen LogP contribution is 2.22. The zero-order chi connectivity index (χ0) is 19.0. The summed E-state index contributed by atoms with van der Waals surface area (Å²) in [7, 11) is 1.92. The summed E-state index contributed by atoms with van der Waals surface area (Å²) in [6, 6.07) is 15.0. The van der Waals surface area contributed by atoms with E-state index in [4.69, 9.17) is 0 Å². The normalized spacial score (nSPS) is 11.9. The van der Waals surface area contributed by atoms with Gasteiger partial charge in [-0.05, 0) is 36.8 Å². The molecule has 3 heterocycles. The molecule has 3 aromatic heterocycles. The van der Waals surface area contributed by atoms with Crippen molar-refractivity contribution in [1.82, 2.24) is 14.8 Å². The van der Waals surface area contributed by atoms with Crippen molar-refractivity contribution in [3.8, 4) is 5.69 Å². The van der Waals surface area contributed by atoms with E-state index in [1.165, 1.54) is 0 Å². The van der Waals surface area contributed by atoms with Gasteiger partial charge in [-0.3, -0.25) is 4.79 Å². The van der Waals surface area contributed by atoms with Crippen LogP contribution in [-0.2, 0) is 7.05 Å². The molecule has 0 saturated carbocycles. The predicted octanol–water partition coefficient (Wildman–Crippen LogP) is 2.90. The van der Waals surface area contributed by atoms with Gasteiger partial charge in [-0.1, -0.05) is 18.2 Å². The Balaban J connectivity index is 1.84. The molecule has 6 nitrogen and oxygen atoms in total. The maximum Gasteiger partial charge on any atom is 0.260 e. The van der Waals surface area contributed by atoms with Gasteiger partial charge in [0.1, 0.15) is 18.5 Å². The van der Waals surface area contributed by atoms with Crippen LogP contribution in [0.25, 0.3) is 28.6 Å². The maximum absolute atomic E-state index is 12.6.